The zero-order valence-electron chi connectivity index (χ0n) is 16.7. The smallest absolute Gasteiger partial charge is 0.317 e. The second-order valence-corrected chi connectivity index (χ2v) is 8.62. The molecule has 2 aromatic rings. The molecule has 1 fully saturated rings. The lowest BCUT2D eigenvalue weighted by Crippen LogP contribution is -2.45. The van der Waals surface area contributed by atoms with E-state index in [9.17, 15) is 14.0 Å². The predicted octanol–water partition coefficient (Wildman–Crippen LogP) is 3.86. The molecule has 3 amide bonds. The molecule has 1 saturated heterocycles. The second-order valence-electron chi connectivity index (χ2n) is 7.61. The average Bonchev–Trinajstić information content (AvgIpc) is 3.20. The first-order valence-electron chi connectivity index (χ1n) is 9.85. The lowest BCUT2D eigenvalue weighted by atomic mass is 9.99. The van der Waals surface area contributed by atoms with Gasteiger partial charge < -0.3 is 15.5 Å². The summed E-state index contributed by atoms with van der Waals surface area (Å²) in [7, 11) is 0. The number of urea groups is 1. The number of amides is 3. The number of nitrogens with zero attached hydrogens (tertiary/aromatic N) is 3. The third kappa shape index (κ3) is 5.96. The van der Waals surface area contributed by atoms with Crippen molar-refractivity contribution < 1.29 is 14.0 Å². The minimum absolute atomic E-state index is 0.0471. The van der Waals surface area contributed by atoms with Gasteiger partial charge in [0, 0.05) is 31.2 Å². The molecule has 1 atom stereocenters. The first-order chi connectivity index (χ1) is 13.9. The van der Waals surface area contributed by atoms with Crippen LogP contribution in [-0.4, -0.2) is 46.7 Å². The quantitative estimate of drug-likeness (QED) is 0.744. The number of nitrogens with one attached hydrogen (secondary N) is 2. The van der Waals surface area contributed by atoms with E-state index in [2.05, 4.69) is 34.7 Å². The first-order valence-corrected chi connectivity index (χ1v) is 10.7. The Morgan fingerprint density at radius 2 is 2.03 bits per heavy atom. The summed E-state index contributed by atoms with van der Waals surface area (Å²) in [6.07, 6.45) is 2.74. The van der Waals surface area contributed by atoms with E-state index in [0.29, 0.717) is 24.7 Å². The van der Waals surface area contributed by atoms with Crippen molar-refractivity contribution in [2.24, 2.45) is 5.92 Å². The highest BCUT2D eigenvalue weighted by molar-refractivity contribution is 7.13. The number of hydrogen-bond acceptors (Lipinski definition) is 5. The van der Waals surface area contributed by atoms with E-state index in [-0.39, 0.29) is 28.7 Å². The van der Waals surface area contributed by atoms with E-state index in [4.69, 9.17) is 0 Å². The highest BCUT2D eigenvalue weighted by Gasteiger charge is 2.28. The Morgan fingerprint density at radius 3 is 2.76 bits per heavy atom. The maximum Gasteiger partial charge on any atom is 0.317 e. The van der Waals surface area contributed by atoms with Gasteiger partial charge >= 0.3 is 6.03 Å². The third-order valence-electron chi connectivity index (χ3n) is 4.79. The zero-order valence-corrected chi connectivity index (χ0v) is 17.5. The maximum absolute atomic E-state index is 13.0. The zero-order chi connectivity index (χ0) is 20.8. The number of hydrogen-bond donors (Lipinski definition) is 2. The molecule has 0 radical (unpaired) electrons. The lowest BCUT2D eigenvalue weighted by Gasteiger charge is -2.31. The van der Waals surface area contributed by atoms with Crippen LogP contribution < -0.4 is 10.6 Å². The molecule has 1 aliphatic heterocycles. The minimum atomic E-state index is -0.376. The molecule has 1 aromatic heterocycles. The number of anilines is 1. The Kier molecular flexibility index (Phi) is 7.13. The van der Waals surface area contributed by atoms with Crippen molar-refractivity contribution in [2.75, 3.05) is 25.0 Å². The topological polar surface area (TPSA) is 87.2 Å². The van der Waals surface area contributed by atoms with E-state index >= 15 is 0 Å². The van der Waals surface area contributed by atoms with Crippen molar-refractivity contribution in [3.63, 3.8) is 0 Å². The molecule has 0 unspecified atom stereocenters. The van der Waals surface area contributed by atoms with Crippen molar-refractivity contribution in [3.8, 4) is 0 Å². The van der Waals surface area contributed by atoms with Gasteiger partial charge in [0.25, 0.3) is 5.91 Å². The molecule has 0 aliphatic carbocycles. The molecule has 9 heteroatoms. The van der Waals surface area contributed by atoms with Crippen LogP contribution in [-0.2, 0) is 0 Å². The van der Waals surface area contributed by atoms with Crippen molar-refractivity contribution >= 4 is 29.0 Å². The molecule has 7 nitrogen and oxygen atoms in total. The molecule has 3 rings (SSSR count). The monoisotopic (exact) mass is 419 g/mol. The SMILES string of the molecule is CC(C)CCNC(=O)N1CCC[C@@H](c2nnc(C(=O)Nc3ccc(F)cc3)s2)C1. The Morgan fingerprint density at radius 1 is 1.28 bits per heavy atom. The van der Waals surface area contributed by atoms with Gasteiger partial charge in [-0.1, -0.05) is 25.2 Å². The number of halogens is 1. The number of aromatic nitrogens is 2. The number of piperidine rings is 1. The predicted molar refractivity (Wildman–Crippen MR) is 111 cm³/mol. The van der Waals surface area contributed by atoms with Gasteiger partial charge in [0.2, 0.25) is 5.01 Å². The van der Waals surface area contributed by atoms with E-state index < -0.39 is 0 Å². The number of carbonyl (C=O) groups is 2. The van der Waals surface area contributed by atoms with Crippen LogP contribution in [0.25, 0.3) is 0 Å². The summed E-state index contributed by atoms with van der Waals surface area (Å²) in [6.45, 7) is 6.22. The number of carbonyl (C=O) groups excluding carboxylic acids is 2. The minimum Gasteiger partial charge on any atom is -0.338 e. The second kappa shape index (κ2) is 9.78. The highest BCUT2D eigenvalue weighted by Crippen LogP contribution is 2.29. The summed E-state index contributed by atoms with van der Waals surface area (Å²) in [5.41, 5.74) is 0.495. The normalized spacial score (nSPS) is 16.7. The fourth-order valence-corrected chi connectivity index (χ4v) is 4.02. The highest BCUT2D eigenvalue weighted by atomic mass is 32.1. The van der Waals surface area contributed by atoms with Crippen LogP contribution in [0.2, 0.25) is 0 Å². The van der Waals surface area contributed by atoms with Crippen LogP contribution in [0.1, 0.15) is 53.8 Å². The third-order valence-corrected chi connectivity index (χ3v) is 5.88. The Balaban J connectivity index is 1.56. The molecular weight excluding hydrogens is 393 g/mol. The Bertz CT molecular complexity index is 840. The van der Waals surface area contributed by atoms with Gasteiger partial charge in [-0.15, -0.1) is 10.2 Å². The summed E-state index contributed by atoms with van der Waals surface area (Å²) < 4.78 is 13.0. The van der Waals surface area contributed by atoms with Gasteiger partial charge in [-0.2, -0.15) is 0 Å². The summed E-state index contributed by atoms with van der Waals surface area (Å²) in [5.74, 6) is -0.120. The van der Waals surface area contributed by atoms with Crippen LogP contribution >= 0.6 is 11.3 Å². The van der Waals surface area contributed by atoms with Crippen molar-refractivity contribution in [3.05, 3.63) is 40.1 Å². The summed E-state index contributed by atoms with van der Waals surface area (Å²) in [5, 5.41) is 14.9. The van der Waals surface area contributed by atoms with E-state index in [0.717, 1.165) is 30.8 Å². The van der Waals surface area contributed by atoms with Crippen LogP contribution in [0, 0.1) is 11.7 Å². The van der Waals surface area contributed by atoms with Crippen molar-refractivity contribution in [1.29, 1.82) is 0 Å². The number of rotatable bonds is 6. The molecule has 2 heterocycles. The summed E-state index contributed by atoms with van der Waals surface area (Å²) >= 11 is 1.24. The number of likely N-dealkylation sites (tertiary alicyclic amines) is 1. The standard InChI is InChI=1S/C20H26FN5O2S/c1-13(2)9-10-22-20(28)26-11-3-4-14(12-26)18-24-25-19(29-18)17(27)23-16-7-5-15(21)6-8-16/h5-8,13-14H,3-4,9-12H2,1-2H3,(H,22,28)(H,23,27)/t14-/m1/s1. The molecule has 0 saturated carbocycles. The lowest BCUT2D eigenvalue weighted by molar-refractivity contribution is 0.102. The van der Waals surface area contributed by atoms with Gasteiger partial charge in [0.05, 0.1) is 0 Å². The van der Waals surface area contributed by atoms with Gasteiger partial charge in [-0.3, -0.25) is 4.79 Å². The Hall–Kier alpha value is -2.55. The van der Waals surface area contributed by atoms with Crippen LogP contribution in [0.5, 0.6) is 0 Å². The molecule has 0 spiro atoms. The van der Waals surface area contributed by atoms with Crippen molar-refractivity contribution in [2.45, 2.75) is 39.0 Å². The molecule has 0 bridgehead atoms. The van der Waals surface area contributed by atoms with Crippen LogP contribution in [0.4, 0.5) is 14.9 Å². The van der Waals surface area contributed by atoms with E-state index in [1.807, 2.05) is 4.90 Å². The van der Waals surface area contributed by atoms with Gasteiger partial charge in [0.15, 0.2) is 0 Å². The van der Waals surface area contributed by atoms with Crippen molar-refractivity contribution in [1.82, 2.24) is 20.4 Å². The van der Waals surface area contributed by atoms with Gasteiger partial charge in [-0.05, 0) is 49.4 Å². The summed E-state index contributed by atoms with van der Waals surface area (Å²) in [4.78, 5) is 26.6. The number of benzene rings is 1. The molecule has 1 aromatic carbocycles. The fourth-order valence-electron chi connectivity index (χ4n) is 3.15. The van der Waals surface area contributed by atoms with E-state index in [1.54, 1.807) is 0 Å². The van der Waals surface area contributed by atoms with Crippen LogP contribution in [0.3, 0.4) is 0 Å². The maximum atomic E-state index is 13.0. The molecule has 2 N–H and O–H groups in total. The molecule has 156 valence electrons. The largest absolute Gasteiger partial charge is 0.338 e. The van der Waals surface area contributed by atoms with E-state index in [1.165, 1.54) is 35.6 Å². The first kappa shape index (κ1) is 21.2. The average molecular weight is 420 g/mol. The fraction of sp³-hybridized carbons (Fsp3) is 0.500. The van der Waals surface area contributed by atoms with Crippen LogP contribution in [0.15, 0.2) is 24.3 Å². The molecule has 29 heavy (non-hydrogen) atoms. The molecule has 1 aliphatic rings. The van der Waals surface area contributed by atoms with Gasteiger partial charge in [-0.25, -0.2) is 9.18 Å². The van der Waals surface area contributed by atoms with Gasteiger partial charge in [0.1, 0.15) is 10.8 Å². The summed E-state index contributed by atoms with van der Waals surface area (Å²) in [6, 6.07) is 5.50. The molecular formula is C20H26FN5O2S. The Labute approximate surface area is 173 Å².